The SMILES string of the molecule is N[C@@H](Cc1cccc(Br)c1)[C@@H]1COc2ccccc2O1. The first-order valence-corrected chi connectivity index (χ1v) is 7.40. The Morgan fingerprint density at radius 2 is 1.95 bits per heavy atom. The van der Waals surface area contributed by atoms with Crippen LogP contribution >= 0.6 is 15.9 Å². The van der Waals surface area contributed by atoms with Gasteiger partial charge >= 0.3 is 0 Å². The topological polar surface area (TPSA) is 44.5 Å². The Morgan fingerprint density at radius 1 is 1.15 bits per heavy atom. The quantitative estimate of drug-likeness (QED) is 0.938. The third-order valence-electron chi connectivity index (χ3n) is 3.37. The van der Waals surface area contributed by atoms with E-state index in [9.17, 15) is 0 Å². The van der Waals surface area contributed by atoms with Crippen LogP contribution in [0, 0.1) is 0 Å². The molecular weight excluding hydrogens is 318 g/mol. The molecule has 0 radical (unpaired) electrons. The molecule has 0 saturated heterocycles. The maximum Gasteiger partial charge on any atom is 0.161 e. The fraction of sp³-hybridized carbons (Fsp3) is 0.250. The van der Waals surface area contributed by atoms with Crippen molar-refractivity contribution in [3.8, 4) is 11.5 Å². The van der Waals surface area contributed by atoms with Gasteiger partial charge in [-0.3, -0.25) is 0 Å². The first kappa shape index (κ1) is 13.5. The molecule has 104 valence electrons. The highest BCUT2D eigenvalue weighted by Gasteiger charge is 2.26. The summed E-state index contributed by atoms with van der Waals surface area (Å²) >= 11 is 3.47. The highest BCUT2D eigenvalue weighted by atomic mass is 79.9. The summed E-state index contributed by atoms with van der Waals surface area (Å²) in [6.07, 6.45) is 0.638. The Kier molecular flexibility index (Phi) is 3.94. The average Bonchev–Trinajstić information content (AvgIpc) is 2.47. The number of hydrogen-bond acceptors (Lipinski definition) is 3. The van der Waals surface area contributed by atoms with Crippen molar-refractivity contribution in [1.29, 1.82) is 0 Å². The molecule has 2 aromatic carbocycles. The summed E-state index contributed by atoms with van der Waals surface area (Å²) in [5, 5.41) is 0. The van der Waals surface area contributed by atoms with Gasteiger partial charge < -0.3 is 15.2 Å². The molecule has 0 bridgehead atoms. The third-order valence-corrected chi connectivity index (χ3v) is 3.86. The van der Waals surface area contributed by atoms with Crippen molar-refractivity contribution in [2.45, 2.75) is 18.6 Å². The number of rotatable bonds is 3. The molecule has 1 heterocycles. The molecule has 20 heavy (non-hydrogen) atoms. The summed E-state index contributed by atoms with van der Waals surface area (Å²) in [7, 11) is 0. The summed E-state index contributed by atoms with van der Waals surface area (Å²) in [5.74, 6) is 1.56. The van der Waals surface area contributed by atoms with Gasteiger partial charge in [-0.2, -0.15) is 0 Å². The lowest BCUT2D eigenvalue weighted by atomic mass is 10.0. The highest BCUT2D eigenvalue weighted by Crippen LogP contribution is 2.31. The van der Waals surface area contributed by atoms with Gasteiger partial charge in [0.15, 0.2) is 11.5 Å². The van der Waals surface area contributed by atoms with E-state index in [1.54, 1.807) is 0 Å². The number of nitrogens with two attached hydrogens (primary N) is 1. The van der Waals surface area contributed by atoms with Crippen molar-refractivity contribution in [3.63, 3.8) is 0 Å². The second kappa shape index (κ2) is 5.85. The van der Waals surface area contributed by atoms with Crippen LogP contribution in [0.1, 0.15) is 5.56 Å². The van der Waals surface area contributed by atoms with Crippen molar-refractivity contribution in [2.75, 3.05) is 6.61 Å². The molecule has 0 saturated carbocycles. The highest BCUT2D eigenvalue weighted by molar-refractivity contribution is 9.10. The van der Waals surface area contributed by atoms with Crippen molar-refractivity contribution in [1.82, 2.24) is 0 Å². The number of halogens is 1. The molecule has 2 N–H and O–H groups in total. The van der Waals surface area contributed by atoms with Crippen LogP contribution in [0.2, 0.25) is 0 Å². The van der Waals surface area contributed by atoms with Gasteiger partial charge in [-0.1, -0.05) is 40.2 Å². The standard InChI is InChI=1S/C16H16BrNO2/c17-12-5-3-4-11(8-12)9-13(18)16-10-19-14-6-1-2-7-15(14)20-16/h1-8,13,16H,9-10,18H2/t13-,16-/m0/s1. The van der Waals surface area contributed by atoms with E-state index in [0.717, 1.165) is 22.4 Å². The van der Waals surface area contributed by atoms with Crippen LogP contribution in [0.15, 0.2) is 53.0 Å². The molecule has 0 aromatic heterocycles. The Bertz CT molecular complexity index is 603. The van der Waals surface area contributed by atoms with Gasteiger partial charge in [-0.05, 0) is 36.2 Å². The molecule has 0 fully saturated rings. The van der Waals surface area contributed by atoms with Gasteiger partial charge in [0.05, 0.1) is 0 Å². The fourth-order valence-electron chi connectivity index (χ4n) is 2.31. The van der Waals surface area contributed by atoms with Crippen LogP contribution in [-0.4, -0.2) is 18.8 Å². The van der Waals surface area contributed by atoms with E-state index in [4.69, 9.17) is 15.2 Å². The average molecular weight is 334 g/mol. The van der Waals surface area contributed by atoms with Crippen LogP contribution in [0.25, 0.3) is 0 Å². The molecule has 1 aliphatic heterocycles. The molecule has 0 amide bonds. The Hall–Kier alpha value is -1.52. The minimum Gasteiger partial charge on any atom is -0.486 e. The first-order chi connectivity index (χ1) is 9.72. The Morgan fingerprint density at radius 3 is 2.75 bits per heavy atom. The second-order valence-corrected chi connectivity index (χ2v) is 5.83. The van der Waals surface area contributed by atoms with Crippen LogP contribution < -0.4 is 15.2 Å². The van der Waals surface area contributed by atoms with Crippen molar-refractivity contribution < 1.29 is 9.47 Å². The van der Waals surface area contributed by atoms with E-state index in [0.29, 0.717) is 6.61 Å². The van der Waals surface area contributed by atoms with Gasteiger partial charge in [0.25, 0.3) is 0 Å². The summed E-state index contributed by atoms with van der Waals surface area (Å²) in [6, 6.07) is 15.8. The first-order valence-electron chi connectivity index (χ1n) is 6.61. The molecule has 1 aliphatic rings. The number of para-hydroxylation sites is 2. The lowest BCUT2D eigenvalue weighted by molar-refractivity contribution is 0.0723. The zero-order valence-electron chi connectivity index (χ0n) is 11.0. The van der Waals surface area contributed by atoms with Crippen molar-refractivity contribution in [2.24, 2.45) is 5.73 Å². The zero-order valence-corrected chi connectivity index (χ0v) is 12.5. The minimum absolute atomic E-state index is 0.0994. The van der Waals surface area contributed by atoms with Crippen molar-refractivity contribution >= 4 is 15.9 Å². The van der Waals surface area contributed by atoms with E-state index >= 15 is 0 Å². The second-order valence-electron chi connectivity index (χ2n) is 4.91. The number of benzene rings is 2. The summed E-state index contributed by atoms with van der Waals surface area (Å²) in [6.45, 7) is 0.492. The molecule has 3 rings (SSSR count). The lowest BCUT2D eigenvalue weighted by Crippen LogP contribution is -2.46. The molecule has 2 atom stereocenters. The van der Waals surface area contributed by atoms with Gasteiger partial charge in [0.1, 0.15) is 12.7 Å². The monoisotopic (exact) mass is 333 g/mol. The predicted octanol–water partition coefficient (Wildman–Crippen LogP) is 3.16. The number of ether oxygens (including phenoxy) is 2. The fourth-order valence-corrected chi connectivity index (χ4v) is 2.76. The summed E-state index contributed by atoms with van der Waals surface area (Å²) < 4.78 is 12.7. The van der Waals surface area contributed by atoms with E-state index in [-0.39, 0.29) is 12.1 Å². The normalized spacial score (nSPS) is 18.6. The lowest BCUT2D eigenvalue weighted by Gasteiger charge is -2.30. The van der Waals surface area contributed by atoms with Crippen LogP contribution in [0.5, 0.6) is 11.5 Å². The molecule has 0 unspecified atom stereocenters. The van der Waals surface area contributed by atoms with E-state index < -0.39 is 0 Å². The molecule has 0 aliphatic carbocycles. The van der Waals surface area contributed by atoms with Crippen LogP contribution in [0.3, 0.4) is 0 Å². The largest absolute Gasteiger partial charge is 0.486 e. The van der Waals surface area contributed by atoms with E-state index in [1.165, 1.54) is 5.56 Å². The van der Waals surface area contributed by atoms with Crippen LogP contribution in [-0.2, 0) is 6.42 Å². The van der Waals surface area contributed by atoms with Gasteiger partial charge in [-0.15, -0.1) is 0 Å². The van der Waals surface area contributed by atoms with E-state index in [1.807, 2.05) is 36.4 Å². The number of hydrogen-bond donors (Lipinski definition) is 1. The van der Waals surface area contributed by atoms with Crippen LogP contribution in [0.4, 0.5) is 0 Å². The minimum atomic E-state index is -0.121. The molecule has 4 heteroatoms. The zero-order chi connectivity index (χ0) is 13.9. The molecular formula is C16H16BrNO2. The molecule has 2 aromatic rings. The molecule has 3 nitrogen and oxygen atoms in total. The van der Waals surface area contributed by atoms with Crippen molar-refractivity contribution in [3.05, 3.63) is 58.6 Å². The van der Waals surface area contributed by atoms with Gasteiger partial charge in [-0.25, -0.2) is 0 Å². The van der Waals surface area contributed by atoms with Gasteiger partial charge in [0.2, 0.25) is 0 Å². The predicted molar refractivity (Wildman–Crippen MR) is 82.2 cm³/mol. The van der Waals surface area contributed by atoms with Gasteiger partial charge in [0, 0.05) is 10.5 Å². The maximum atomic E-state index is 6.27. The Labute approximate surface area is 126 Å². The summed E-state index contributed by atoms with van der Waals surface area (Å²) in [4.78, 5) is 0. The smallest absolute Gasteiger partial charge is 0.161 e. The van der Waals surface area contributed by atoms with E-state index in [2.05, 4.69) is 28.1 Å². The summed E-state index contributed by atoms with van der Waals surface area (Å²) in [5.41, 5.74) is 7.46. The Balaban J connectivity index is 1.68. The maximum absolute atomic E-state index is 6.27. The molecule has 0 spiro atoms. The third kappa shape index (κ3) is 2.97. The number of fused-ring (bicyclic) bond motifs is 1.